The van der Waals surface area contributed by atoms with Crippen LogP contribution in [0.3, 0.4) is 0 Å². The van der Waals surface area contributed by atoms with Gasteiger partial charge in [-0.15, -0.1) is 5.10 Å². The van der Waals surface area contributed by atoms with Gasteiger partial charge in [0.1, 0.15) is 0 Å². The SMILES string of the molecule is Cc1ccc(N2C[C@@H]3CN(S(C)(=O)=O)[C@@H](c4ccccc4)[C@@H]3C2)nn1. The molecule has 1 aromatic heterocycles. The first-order valence-electron chi connectivity index (χ1n) is 8.50. The second kappa shape index (κ2) is 6.07. The molecule has 0 radical (unpaired) electrons. The van der Waals surface area contributed by atoms with E-state index in [1.807, 2.05) is 49.4 Å². The highest BCUT2D eigenvalue weighted by Gasteiger charge is 2.50. The van der Waals surface area contributed by atoms with E-state index in [0.29, 0.717) is 12.5 Å². The number of aromatic nitrogens is 2. The number of sulfonamides is 1. The molecule has 7 heteroatoms. The Kier molecular flexibility index (Phi) is 4.00. The van der Waals surface area contributed by atoms with Gasteiger partial charge in [-0.1, -0.05) is 30.3 Å². The van der Waals surface area contributed by atoms with Crippen LogP contribution in [0.25, 0.3) is 0 Å². The highest BCUT2D eigenvalue weighted by atomic mass is 32.2. The van der Waals surface area contributed by atoms with Crippen molar-refractivity contribution in [1.29, 1.82) is 0 Å². The summed E-state index contributed by atoms with van der Waals surface area (Å²) in [6.45, 7) is 4.11. The van der Waals surface area contributed by atoms with Crippen LogP contribution in [0.1, 0.15) is 17.3 Å². The first-order valence-corrected chi connectivity index (χ1v) is 10.4. The second-order valence-corrected chi connectivity index (χ2v) is 8.99. The second-order valence-electron chi connectivity index (χ2n) is 7.05. The average molecular weight is 358 g/mol. The highest BCUT2D eigenvalue weighted by Crippen LogP contribution is 2.46. The monoisotopic (exact) mass is 358 g/mol. The van der Waals surface area contributed by atoms with E-state index in [1.54, 1.807) is 4.31 Å². The molecule has 25 heavy (non-hydrogen) atoms. The van der Waals surface area contributed by atoms with Crippen molar-refractivity contribution < 1.29 is 8.42 Å². The van der Waals surface area contributed by atoms with Crippen LogP contribution in [0.5, 0.6) is 0 Å². The summed E-state index contributed by atoms with van der Waals surface area (Å²) in [4.78, 5) is 2.23. The molecule has 3 atom stereocenters. The van der Waals surface area contributed by atoms with E-state index in [2.05, 4.69) is 15.1 Å². The zero-order valence-electron chi connectivity index (χ0n) is 14.4. The predicted molar refractivity (Wildman–Crippen MR) is 96.7 cm³/mol. The Morgan fingerprint density at radius 3 is 2.40 bits per heavy atom. The van der Waals surface area contributed by atoms with Crippen LogP contribution in [-0.4, -0.2) is 48.8 Å². The van der Waals surface area contributed by atoms with Gasteiger partial charge in [-0.05, 0) is 30.5 Å². The van der Waals surface area contributed by atoms with Gasteiger partial charge in [0.05, 0.1) is 18.0 Å². The lowest BCUT2D eigenvalue weighted by atomic mass is 9.90. The normalized spacial score (nSPS) is 26.8. The minimum Gasteiger partial charge on any atom is -0.354 e. The van der Waals surface area contributed by atoms with E-state index in [-0.39, 0.29) is 12.0 Å². The molecule has 0 aliphatic carbocycles. The maximum atomic E-state index is 12.3. The van der Waals surface area contributed by atoms with Gasteiger partial charge in [-0.3, -0.25) is 0 Å². The zero-order chi connectivity index (χ0) is 17.6. The molecule has 2 aliphatic heterocycles. The number of rotatable bonds is 3. The summed E-state index contributed by atoms with van der Waals surface area (Å²) in [6, 6.07) is 13.8. The Bertz CT molecular complexity index is 854. The molecule has 3 heterocycles. The van der Waals surface area contributed by atoms with E-state index in [0.717, 1.165) is 30.2 Å². The van der Waals surface area contributed by atoms with E-state index in [4.69, 9.17) is 0 Å². The Labute approximate surface area is 148 Å². The summed E-state index contributed by atoms with van der Waals surface area (Å²) in [5.74, 6) is 1.45. The van der Waals surface area contributed by atoms with Crippen molar-refractivity contribution >= 4 is 15.8 Å². The van der Waals surface area contributed by atoms with Crippen molar-refractivity contribution in [2.45, 2.75) is 13.0 Å². The molecule has 0 amide bonds. The van der Waals surface area contributed by atoms with Gasteiger partial charge in [0, 0.05) is 25.6 Å². The number of aryl methyl sites for hydroxylation is 1. The van der Waals surface area contributed by atoms with Crippen molar-refractivity contribution in [3.8, 4) is 0 Å². The summed E-state index contributed by atoms with van der Waals surface area (Å²) >= 11 is 0. The quantitative estimate of drug-likeness (QED) is 0.838. The van der Waals surface area contributed by atoms with Gasteiger partial charge in [-0.2, -0.15) is 9.40 Å². The molecule has 4 rings (SSSR count). The van der Waals surface area contributed by atoms with E-state index < -0.39 is 10.0 Å². The van der Waals surface area contributed by atoms with Crippen LogP contribution in [0.15, 0.2) is 42.5 Å². The van der Waals surface area contributed by atoms with Gasteiger partial charge in [0.15, 0.2) is 5.82 Å². The third kappa shape index (κ3) is 3.02. The largest absolute Gasteiger partial charge is 0.354 e. The lowest BCUT2D eigenvalue weighted by Gasteiger charge is -2.28. The fourth-order valence-corrected chi connectivity index (χ4v) is 5.31. The Balaban J connectivity index is 1.65. The summed E-state index contributed by atoms with van der Waals surface area (Å²) < 4.78 is 26.3. The number of hydrogen-bond acceptors (Lipinski definition) is 5. The number of fused-ring (bicyclic) bond motifs is 1. The molecule has 0 bridgehead atoms. The number of anilines is 1. The van der Waals surface area contributed by atoms with Gasteiger partial charge < -0.3 is 4.90 Å². The van der Waals surface area contributed by atoms with Crippen LogP contribution in [-0.2, 0) is 10.0 Å². The number of nitrogens with zero attached hydrogens (tertiary/aromatic N) is 4. The minimum atomic E-state index is -3.24. The lowest BCUT2D eigenvalue weighted by Crippen LogP contribution is -2.35. The van der Waals surface area contributed by atoms with Crippen molar-refractivity contribution in [3.05, 3.63) is 53.7 Å². The van der Waals surface area contributed by atoms with Gasteiger partial charge in [0.25, 0.3) is 0 Å². The third-order valence-corrected chi connectivity index (χ3v) is 6.52. The Hall–Kier alpha value is -1.99. The van der Waals surface area contributed by atoms with Crippen molar-refractivity contribution in [2.75, 3.05) is 30.8 Å². The van der Waals surface area contributed by atoms with E-state index >= 15 is 0 Å². The smallest absolute Gasteiger partial charge is 0.211 e. The van der Waals surface area contributed by atoms with Crippen LogP contribution in [0.4, 0.5) is 5.82 Å². The molecule has 2 saturated heterocycles. The van der Waals surface area contributed by atoms with Crippen LogP contribution in [0, 0.1) is 18.8 Å². The van der Waals surface area contributed by atoms with Crippen molar-refractivity contribution in [3.63, 3.8) is 0 Å². The Morgan fingerprint density at radius 1 is 1.00 bits per heavy atom. The molecule has 0 saturated carbocycles. The fraction of sp³-hybridized carbons (Fsp3) is 0.444. The number of hydrogen-bond donors (Lipinski definition) is 0. The molecule has 0 unspecified atom stereocenters. The maximum Gasteiger partial charge on any atom is 0.211 e. The first kappa shape index (κ1) is 16.5. The molecule has 2 fully saturated rings. The summed E-state index contributed by atoms with van der Waals surface area (Å²) in [7, 11) is -3.24. The molecule has 0 N–H and O–H groups in total. The molecule has 2 aromatic rings. The maximum absolute atomic E-state index is 12.3. The molecule has 132 valence electrons. The fourth-order valence-electron chi connectivity index (χ4n) is 4.16. The van der Waals surface area contributed by atoms with Gasteiger partial charge >= 0.3 is 0 Å². The molecule has 0 spiro atoms. The van der Waals surface area contributed by atoms with Crippen molar-refractivity contribution in [1.82, 2.24) is 14.5 Å². The number of benzene rings is 1. The Morgan fingerprint density at radius 2 is 1.76 bits per heavy atom. The summed E-state index contributed by atoms with van der Waals surface area (Å²) in [6.07, 6.45) is 1.31. The topological polar surface area (TPSA) is 66.4 Å². The molecule has 2 aliphatic rings. The van der Waals surface area contributed by atoms with Crippen LogP contribution in [0.2, 0.25) is 0 Å². The highest BCUT2D eigenvalue weighted by molar-refractivity contribution is 7.88. The van der Waals surface area contributed by atoms with Crippen molar-refractivity contribution in [2.24, 2.45) is 11.8 Å². The molecular formula is C18H22N4O2S. The first-order chi connectivity index (χ1) is 11.9. The lowest BCUT2D eigenvalue weighted by molar-refractivity contribution is 0.352. The van der Waals surface area contributed by atoms with Crippen LogP contribution >= 0.6 is 0 Å². The van der Waals surface area contributed by atoms with Gasteiger partial charge in [-0.25, -0.2) is 8.42 Å². The minimum absolute atomic E-state index is 0.107. The third-order valence-electron chi connectivity index (χ3n) is 5.30. The van der Waals surface area contributed by atoms with Gasteiger partial charge in [0.2, 0.25) is 10.0 Å². The summed E-state index contributed by atoms with van der Waals surface area (Å²) in [5, 5.41) is 8.45. The molecule has 1 aromatic carbocycles. The van der Waals surface area contributed by atoms with E-state index in [9.17, 15) is 8.42 Å². The molecular weight excluding hydrogens is 336 g/mol. The predicted octanol–water partition coefficient (Wildman–Crippen LogP) is 1.85. The van der Waals surface area contributed by atoms with E-state index in [1.165, 1.54) is 6.26 Å². The summed E-state index contributed by atoms with van der Waals surface area (Å²) in [5.41, 5.74) is 1.96. The molecule has 6 nitrogen and oxygen atoms in total. The standard InChI is InChI=1S/C18H22N4O2S/c1-13-8-9-17(20-19-13)21-10-15-11-22(25(2,23)24)18(16(15)12-21)14-6-4-3-5-7-14/h3-9,15-16,18H,10-12H2,1-2H3/t15-,16-,18+/m1/s1. The zero-order valence-corrected chi connectivity index (χ0v) is 15.2. The average Bonchev–Trinajstić information content (AvgIpc) is 3.13. The van der Waals surface area contributed by atoms with Crippen LogP contribution < -0.4 is 4.90 Å².